The standard InChI is InChI=1S/C35H39N3O6S/c1-22-31(21-45-35-36-16-17-38(35)4)43-34(44-32(22)28-10-8-25(20-39)9-11-28)29-14-12-27(13-15-29)30-7-5-6-26(18-30)19-37-33(41)23(2)42-24(3)40/h5-18,22-23,31-32,34,39H,19-21H2,1-4H3,(H,37,41)/t22-,23-,31+,32+,34+/m0/s1. The van der Waals surface area contributed by atoms with Gasteiger partial charge in [0.15, 0.2) is 17.6 Å². The number of imidazole rings is 1. The quantitative estimate of drug-likeness (QED) is 0.160. The molecule has 0 aliphatic carbocycles. The van der Waals surface area contributed by atoms with Crippen molar-refractivity contribution in [1.29, 1.82) is 0 Å². The van der Waals surface area contributed by atoms with Gasteiger partial charge in [-0.25, -0.2) is 4.98 Å². The largest absolute Gasteiger partial charge is 0.453 e. The van der Waals surface area contributed by atoms with Gasteiger partial charge in [0, 0.05) is 50.1 Å². The summed E-state index contributed by atoms with van der Waals surface area (Å²) in [6.45, 7) is 5.29. The number of aryl methyl sites for hydroxylation is 1. The van der Waals surface area contributed by atoms with Crippen LogP contribution in [0.4, 0.5) is 0 Å². The van der Waals surface area contributed by atoms with Crippen LogP contribution in [-0.2, 0) is 44.0 Å². The van der Waals surface area contributed by atoms with E-state index >= 15 is 0 Å². The number of carbonyl (C=O) groups excluding carboxylic acids is 2. The molecule has 0 bridgehead atoms. The third-order valence-corrected chi connectivity index (χ3v) is 9.05. The van der Waals surface area contributed by atoms with E-state index in [1.54, 1.807) is 24.9 Å². The maximum absolute atomic E-state index is 12.3. The van der Waals surface area contributed by atoms with Gasteiger partial charge in [-0.3, -0.25) is 9.59 Å². The van der Waals surface area contributed by atoms with Gasteiger partial charge < -0.3 is 29.2 Å². The predicted molar refractivity (Wildman–Crippen MR) is 172 cm³/mol. The summed E-state index contributed by atoms with van der Waals surface area (Å²) in [5.74, 6) is -0.0414. The van der Waals surface area contributed by atoms with Crippen molar-refractivity contribution in [3.05, 3.63) is 107 Å². The molecule has 0 spiro atoms. The molecule has 0 saturated carbocycles. The average molecular weight is 630 g/mol. The summed E-state index contributed by atoms with van der Waals surface area (Å²) in [6.07, 6.45) is 2.03. The number of esters is 1. The lowest BCUT2D eigenvalue weighted by molar-refractivity contribution is -0.268. The molecule has 1 aromatic heterocycles. The number of aliphatic hydroxyl groups excluding tert-OH is 1. The number of rotatable bonds is 11. The number of nitrogens with zero attached hydrogens (tertiary/aromatic N) is 2. The van der Waals surface area contributed by atoms with E-state index in [2.05, 4.69) is 17.2 Å². The smallest absolute Gasteiger partial charge is 0.303 e. The van der Waals surface area contributed by atoms with Crippen LogP contribution in [0.25, 0.3) is 11.1 Å². The van der Waals surface area contributed by atoms with Crippen LogP contribution in [0.3, 0.4) is 0 Å². The number of benzene rings is 3. The molecule has 3 aromatic carbocycles. The fourth-order valence-electron chi connectivity index (χ4n) is 5.29. The van der Waals surface area contributed by atoms with Crippen molar-refractivity contribution in [2.24, 2.45) is 13.0 Å². The second-order valence-electron chi connectivity index (χ2n) is 11.2. The molecule has 9 nitrogen and oxygen atoms in total. The van der Waals surface area contributed by atoms with Crippen molar-refractivity contribution in [2.45, 2.75) is 63.7 Å². The zero-order valence-corrected chi connectivity index (χ0v) is 26.7. The summed E-state index contributed by atoms with van der Waals surface area (Å²) >= 11 is 1.67. The molecule has 4 aromatic rings. The summed E-state index contributed by atoms with van der Waals surface area (Å²) in [5, 5.41) is 13.3. The van der Waals surface area contributed by atoms with Gasteiger partial charge in [0.05, 0.1) is 18.8 Å². The molecule has 0 radical (unpaired) electrons. The minimum absolute atomic E-state index is 0.00476. The Kier molecular flexibility index (Phi) is 10.7. The van der Waals surface area contributed by atoms with Gasteiger partial charge in [-0.15, -0.1) is 0 Å². The van der Waals surface area contributed by atoms with Crippen LogP contribution >= 0.6 is 11.8 Å². The van der Waals surface area contributed by atoms with Crippen LogP contribution in [0, 0.1) is 5.92 Å². The Morgan fingerprint density at radius 2 is 1.76 bits per heavy atom. The molecule has 2 heterocycles. The zero-order valence-electron chi connectivity index (χ0n) is 25.9. The van der Waals surface area contributed by atoms with Crippen LogP contribution in [0.15, 0.2) is 90.3 Å². The van der Waals surface area contributed by atoms with Crippen molar-refractivity contribution in [3.8, 4) is 11.1 Å². The summed E-state index contributed by atoms with van der Waals surface area (Å²) < 4.78 is 20.2. The molecule has 5 rings (SSSR count). The van der Waals surface area contributed by atoms with Gasteiger partial charge in [0.1, 0.15) is 0 Å². The van der Waals surface area contributed by atoms with Crippen LogP contribution in [0.1, 0.15) is 55.4 Å². The van der Waals surface area contributed by atoms with Crippen molar-refractivity contribution < 1.29 is 28.9 Å². The number of hydrogen-bond donors (Lipinski definition) is 2. The number of aliphatic hydroxyl groups is 1. The SMILES string of the molecule is CC(=O)O[C@@H](C)C(=O)NCc1cccc(-c2ccc([C@@H]3O[C@H](CSc4nccn4C)[C@H](C)[C@H](c4ccc(CO)cc4)O3)cc2)c1. The molecule has 1 aliphatic heterocycles. The third kappa shape index (κ3) is 8.20. The summed E-state index contributed by atoms with van der Waals surface area (Å²) in [6, 6.07) is 24.0. The number of nitrogens with one attached hydrogen (secondary N) is 1. The van der Waals surface area contributed by atoms with E-state index in [1.807, 2.05) is 90.6 Å². The van der Waals surface area contributed by atoms with Gasteiger partial charge in [-0.05, 0) is 40.8 Å². The second-order valence-corrected chi connectivity index (χ2v) is 12.2. The zero-order chi connectivity index (χ0) is 31.9. The van der Waals surface area contributed by atoms with E-state index in [9.17, 15) is 14.7 Å². The summed E-state index contributed by atoms with van der Waals surface area (Å²) in [5.41, 5.74) is 5.76. The Labute approximate surface area is 267 Å². The topological polar surface area (TPSA) is 112 Å². The highest BCUT2D eigenvalue weighted by Crippen LogP contribution is 2.43. The van der Waals surface area contributed by atoms with Crippen LogP contribution < -0.4 is 5.32 Å². The lowest BCUT2D eigenvalue weighted by Crippen LogP contribution is -2.38. The number of ether oxygens (including phenoxy) is 3. The highest BCUT2D eigenvalue weighted by atomic mass is 32.2. The van der Waals surface area contributed by atoms with E-state index in [-0.39, 0.29) is 30.6 Å². The first kappa shape index (κ1) is 32.4. The number of thioether (sulfide) groups is 1. The first-order valence-electron chi connectivity index (χ1n) is 15.0. The summed E-state index contributed by atoms with van der Waals surface area (Å²) in [4.78, 5) is 27.9. The maximum atomic E-state index is 12.3. The van der Waals surface area contributed by atoms with Crippen molar-refractivity contribution in [1.82, 2.24) is 14.9 Å². The Morgan fingerprint density at radius 3 is 2.42 bits per heavy atom. The van der Waals surface area contributed by atoms with Gasteiger partial charge >= 0.3 is 5.97 Å². The maximum Gasteiger partial charge on any atom is 0.303 e. The molecular formula is C35H39N3O6S. The molecule has 1 fully saturated rings. The normalized spacial score (nSPS) is 20.4. The van der Waals surface area contributed by atoms with Gasteiger partial charge in [-0.2, -0.15) is 0 Å². The first-order valence-corrected chi connectivity index (χ1v) is 16.0. The Balaban J connectivity index is 1.31. The van der Waals surface area contributed by atoms with E-state index in [0.717, 1.165) is 44.3 Å². The molecule has 1 saturated heterocycles. The van der Waals surface area contributed by atoms with Crippen LogP contribution in [-0.4, -0.2) is 44.5 Å². The molecule has 0 unspecified atom stereocenters. The Hall–Kier alpha value is -3.96. The van der Waals surface area contributed by atoms with E-state index in [1.165, 1.54) is 6.92 Å². The Morgan fingerprint density at radius 1 is 1.02 bits per heavy atom. The summed E-state index contributed by atoms with van der Waals surface area (Å²) in [7, 11) is 1.98. The fraction of sp³-hybridized carbons (Fsp3) is 0.343. The van der Waals surface area contributed by atoms with Gasteiger partial charge in [-0.1, -0.05) is 85.4 Å². The first-order chi connectivity index (χ1) is 21.7. The molecular weight excluding hydrogens is 590 g/mol. The van der Waals surface area contributed by atoms with Crippen molar-refractivity contribution >= 4 is 23.6 Å². The van der Waals surface area contributed by atoms with E-state index in [0.29, 0.717) is 6.54 Å². The van der Waals surface area contributed by atoms with E-state index < -0.39 is 18.4 Å². The minimum Gasteiger partial charge on any atom is -0.453 e. The fourth-order valence-corrected chi connectivity index (χ4v) is 6.38. The van der Waals surface area contributed by atoms with Crippen LogP contribution in [0.5, 0.6) is 0 Å². The molecule has 10 heteroatoms. The second kappa shape index (κ2) is 14.9. The monoisotopic (exact) mass is 629 g/mol. The molecule has 1 aliphatic rings. The van der Waals surface area contributed by atoms with E-state index in [4.69, 9.17) is 14.2 Å². The Bertz CT molecular complexity index is 1590. The minimum atomic E-state index is -0.849. The predicted octanol–water partition coefficient (Wildman–Crippen LogP) is 5.73. The van der Waals surface area contributed by atoms with Gasteiger partial charge in [0.2, 0.25) is 0 Å². The highest BCUT2D eigenvalue weighted by molar-refractivity contribution is 7.99. The lowest BCUT2D eigenvalue weighted by Gasteiger charge is -2.41. The van der Waals surface area contributed by atoms with Crippen molar-refractivity contribution in [3.63, 3.8) is 0 Å². The molecule has 5 atom stereocenters. The molecule has 1 amide bonds. The highest BCUT2D eigenvalue weighted by Gasteiger charge is 2.38. The van der Waals surface area contributed by atoms with Gasteiger partial charge in [0.25, 0.3) is 5.91 Å². The van der Waals surface area contributed by atoms with Crippen molar-refractivity contribution in [2.75, 3.05) is 5.75 Å². The number of carbonyl (C=O) groups is 2. The average Bonchev–Trinajstić information content (AvgIpc) is 3.47. The number of aromatic nitrogens is 2. The molecule has 45 heavy (non-hydrogen) atoms. The lowest BCUT2D eigenvalue weighted by atomic mass is 9.91. The van der Waals surface area contributed by atoms with Crippen LogP contribution in [0.2, 0.25) is 0 Å². The molecule has 236 valence electrons. The number of amides is 1. The number of hydrogen-bond acceptors (Lipinski definition) is 8. The molecule has 2 N–H and O–H groups in total. The third-order valence-electron chi connectivity index (χ3n) is 7.90.